The molecule has 2 N–H and O–H groups in total. The summed E-state index contributed by atoms with van der Waals surface area (Å²) in [6.45, 7) is 0.415. The molecule has 1 aliphatic heterocycles. The number of anilines is 1. The molecular weight excluding hydrogens is 327 g/mol. The molecule has 2 aromatic rings. The molecule has 0 saturated heterocycles. The molecule has 0 aromatic heterocycles. The van der Waals surface area contributed by atoms with Crippen LogP contribution in [0.15, 0.2) is 53.4 Å². The molecular formula is C18H17FN2O2S. The SMILES string of the molecule is O=C(CC1Sc2ccccc2NC1=O)NCCc1cccc(F)c1. The summed E-state index contributed by atoms with van der Waals surface area (Å²) in [5.41, 5.74) is 1.62. The van der Waals surface area contributed by atoms with Crippen LogP contribution < -0.4 is 10.6 Å². The van der Waals surface area contributed by atoms with Crippen molar-refractivity contribution in [3.05, 3.63) is 59.9 Å². The third-order valence-corrected chi connectivity index (χ3v) is 4.98. The summed E-state index contributed by atoms with van der Waals surface area (Å²) in [5, 5.41) is 5.17. The van der Waals surface area contributed by atoms with Crippen LogP contribution in [0.2, 0.25) is 0 Å². The van der Waals surface area contributed by atoms with E-state index in [2.05, 4.69) is 10.6 Å². The van der Waals surface area contributed by atoms with E-state index in [4.69, 9.17) is 0 Å². The predicted molar refractivity (Wildman–Crippen MR) is 92.4 cm³/mol. The van der Waals surface area contributed by atoms with Gasteiger partial charge in [-0.2, -0.15) is 0 Å². The molecule has 24 heavy (non-hydrogen) atoms. The van der Waals surface area contributed by atoms with Crippen molar-refractivity contribution in [2.24, 2.45) is 0 Å². The normalized spacial score (nSPS) is 16.2. The molecule has 2 aromatic carbocycles. The molecule has 1 atom stereocenters. The first kappa shape index (κ1) is 16.5. The van der Waals surface area contributed by atoms with Crippen LogP contribution in [0.25, 0.3) is 0 Å². The number of para-hydroxylation sites is 1. The number of carbonyl (C=O) groups is 2. The lowest BCUT2D eigenvalue weighted by Crippen LogP contribution is -2.35. The number of amides is 2. The van der Waals surface area contributed by atoms with Crippen molar-refractivity contribution in [1.29, 1.82) is 0 Å². The van der Waals surface area contributed by atoms with E-state index in [1.807, 2.05) is 30.3 Å². The van der Waals surface area contributed by atoms with Gasteiger partial charge in [0.1, 0.15) is 5.82 Å². The highest BCUT2D eigenvalue weighted by Gasteiger charge is 2.28. The summed E-state index contributed by atoms with van der Waals surface area (Å²) in [6, 6.07) is 13.8. The van der Waals surface area contributed by atoms with Crippen LogP contribution >= 0.6 is 11.8 Å². The highest BCUT2D eigenvalue weighted by Crippen LogP contribution is 2.36. The average molecular weight is 344 g/mol. The van der Waals surface area contributed by atoms with Crippen molar-refractivity contribution in [1.82, 2.24) is 5.32 Å². The molecule has 1 unspecified atom stereocenters. The van der Waals surface area contributed by atoms with Gasteiger partial charge in [0, 0.05) is 17.9 Å². The monoisotopic (exact) mass is 344 g/mol. The van der Waals surface area contributed by atoms with Crippen molar-refractivity contribution >= 4 is 29.3 Å². The second kappa shape index (κ2) is 7.49. The Morgan fingerprint density at radius 3 is 2.88 bits per heavy atom. The standard InChI is InChI=1S/C18H17FN2O2S/c19-13-5-3-4-12(10-13)8-9-20-17(22)11-16-18(23)21-14-6-1-2-7-15(14)24-16/h1-7,10,16H,8-9,11H2,(H,20,22)(H,21,23). The molecule has 3 rings (SSSR count). The number of rotatable bonds is 5. The van der Waals surface area contributed by atoms with E-state index in [-0.39, 0.29) is 24.1 Å². The lowest BCUT2D eigenvalue weighted by atomic mass is 10.1. The molecule has 0 aliphatic carbocycles. The van der Waals surface area contributed by atoms with Gasteiger partial charge in [0.2, 0.25) is 11.8 Å². The highest BCUT2D eigenvalue weighted by atomic mass is 32.2. The zero-order valence-electron chi connectivity index (χ0n) is 12.9. The van der Waals surface area contributed by atoms with Gasteiger partial charge < -0.3 is 10.6 Å². The quantitative estimate of drug-likeness (QED) is 0.877. The van der Waals surface area contributed by atoms with E-state index in [0.717, 1.165) is 16.1 Å². The Labute approximate surface area is 143 Å². The van der Waals surface area contributed by atoms with Gasteiger partial charge in [-0.25, -0.2) is 4.39 Å². The van der Waals surface area contributed by atoms with E-state index < -0.39 is 5.25 Å². The molecule has 1 heterocycles. The van der Waals surface area contributed by atoms with Crippen LogP contribution in [0.3, 0.4) is 0 Å². The summed E-state index contributed by atoms with van der Waals surface area (Å²) >= 11 is 1.40. The molecule has 4 nitrogen and oxygen atoms in total. The fourth-order valence-corrected chi connectivity index (χ4v) is 3.62. The van der Waals surface area contributed by atoms with Gasteiger partial charge >= 0.3 is 0 Å². The van der Waals surface area contributed by atoms with E-state index in [1.165, 1.54) is 23.9 Å². The zero-order valence-corrected chi connectivity index (χ0v) is 13.7. The maximum atomic E-state index is 13.1. The first-order valence-corrected chi connectivity index (χ1v) is 8.57. The van der Waals surface area contributed by atoms with Crippen molar-refractivity contribution in [2.75, 3.05) is 11.9 Å². The number of fused-ring (bicyclic) bond motifs is 1. The summed E-state index contributed by atoms with van der Waals surface area (Å²) in [7, 11) is 0. The Hall–Kier alpha value is -2.34. The summed E-state index contributed by atoms with van der Waals surface area (Å²) < 4.78 is 13.1. The molecule has 1 aliphatic rings. The second-order valence-electron chi connectivity index (χ2n) is 5.53. The van der Waals surface area contributed by atoms with Crippen LogP contribution in [0.1, 0.15) is 12.0 Å². The summed E-state index contributed by atoms with van der Waals surface area (Å²) in [5.74, 6) is -0.620. The van der Waals surface area contributed by atoms with Gasteiger partial charge in [-0.1, -0.05) is 24.3 Å². The molecule has 6 heteroatoms. The van der Waals surface area contributed by atoms with Crippen LogP contribution in [0.4, 0.5) is 10.1 Å². The predicted octanol–water partition coefficient (Wildman–Crippen LogP) is 2.99. The third kappa shape index (κ3) is 4.14. The number of hydrogen-bond donors (Lipinski definition) is 2. The van der Waals surface area contributed by atoms with E-state index >= 15 is 0 Å². The van der Waals surface area contributed by atoms with Crippen molar-refractivity contribution in [3.63, 3.8) is 0 Å². The summed E-state index contributed by atoms with van der Waals surface area (Å²) in [4.78, 5) is 25.1. The Kier molecular flexibility index (Phi) is 5.15. The van der Waals surface area contributed by atoms with Crippen LogP contribution in [-0.4, -0.2) is 23.6 Å². The average Bonchev–Trinajstić information content (AvgIpc) is 2.55. The number of halogens is 1. The molecule has 2 amide bonds. The number of carbonyl (C=O) groups excluding carboxylic acids is 2. The molecule has 0 radical (unpaired) electrons. The van der Waals surface area contributed by atoms with Crippen molar-refractivity contribution < 1.29 is 14.0 Å². The third-order valence-electron chi connectivity index (χ3n) is 3.70. The van der Waals surface area contributed by atoms with Gasteiger partial charge in [-0.05, 0) is 36.2 Å². The lowest BCUT2D eigenvalue weighted by Gasteiger charge is -2.23. The van der Waals surface area contributed by atoms with Crippen LogP contribution in [-0.2, 0) is 16.0 Å². The van der Waals surface area contributed by atoms with Gasteiger partial charge in [-0.3, -0.25) is 9.59 Å². The lowest BCUT2D eigenvalue weighted by molar-refractivity contribution is -0.124. The topological polar surface area (TPSA) is 58.2 Å². The first-order valence-electron chi connectivity index (χ1n) is 7.69. The number of thioether (sulfide) groups is 1. The van der Waals surface area contributed by atoms with E-state index in [1.54, 1.807) is 6.07 Å². The van der Waals surface area contributed by atoms with Crippen molar-refractivity contribution in [2.45, 2.75) is 23.0 Å². The maximum absolute atomic E-state index is 13.1. The smallest absolute Gasteiger partial charge is 0.238 e. The Morgan fingerprint density at radius 2 is 2.04 bits per heavy atom. The Bertz CT molecular complexity index is 766. The fourth-order valence-electron chi connectivity index (χ4n) is 2.51. The van der Waals surface area contributed by atoms with Gasteiger partial charge in [0.05, 0.1) is 10.9 Å². The molecule has 0 spiro atoms. The minimum Gasteiger partial charge on any atom is -0.356 e. The highest BCUT2D eigenvalue weighted by molar-refractivity contribution is 8.01. The number of nitrogens with one attached hydrogen (secondary N) is 2. The minimum atomic E-state index is -0.436. The Balaban J connectivity index is 1.49. The largest absolute Gasteiger partial charge is 0.356 e. The zero-order chi connectivity index (χ0) is 16.9. The Morgan fingerprint density at radius 1 is 1.21 bits per heavy atom. The second-order valence-corrected chi connectivity index (χ2v) is 6.77. The van der Waals surface area contributed by atoms with Gasteiger partial charge in [0.25, 0.3) is 0 Å². The fraction of sp³-hybridized carbons (Fsp3) is 0.222. The maximum Gasteiger partial charge on any atom is 0.238 e. The summed E-state index contributed by atoms with van der Waals surface area (Å²) in [6.07, 6.45) is 0.671. The van der Waals surface area contributed by atoms with E-state index in [9.17, 15) is 14.0 Å². The van der Waals surface area contributed by atoms with Crippen LogP contribution in [0.5, 0.6) is 0 Å². The minimum absolute atomic E-state index is 0.119. The van der Waals surface area contributed by atoms with Gasteiger partial charge in [-0.15, -0.1) is 11.8 Å². The number of benzene rings is 2. The first-order chi connectivity index (χ1) is 11.6. The van der Waals surface area contributed by atoms with Gasteiger partial charge in [0.15, 0.2) is 0 Å². The van der Waals surface area contributed by atoms with E-state index in [0.29, 0.717) is 13.0 Å². The molecule has 124 valence electrons. The molecule has 0 bridgehead atoms. The number of hydrogen-bond acceptors (Lipinski definition) is 3. The van der Waals surface area contributed by atoms with Crippen molar-refractivity contribution in [3.8, 4) is 0 Å². The van der Waals surface area contributed by atoms with Crippen LogP contribution in [0, 0.1) is 5.82 Å². The molecule has 0 saturated carbocycles. The molecule has 0 fully saturated rings.